The van der Waals surface area contributed by atoms with Gasteiger partial charge in [-0.05, 0) is 17.9 Å². The lowest BCUT2D eigenvalue weighted by Gasteiger charge is -2.29. The largest absolute Gasteiger partial charge is 0.431 e. The second-order valence-corrected chi connectivity index (χ2v) is 4.38. The van der Waals surface area contributed by atoms with Gasteiger partial charge in [0.25, 0.3) is 0 Å². The van der Waals surface area contributed by atoms with Crippen LogP contribution in [0.1, 0.15) is 33.6 Å². The lowest BCUT2D eigenvalue weighted by atomic mass is 9.78. The van der Waals surface area contributed by atoms with Crippen LogP contribution >= 0.6 is 0 Å². The maximum atomic E-state index is 10.7. The summed E-state index contributed by atoms with van der Waals surface area (Å²) in [6, 6.07) is 0. The normalized spacial score (nSPS) is 20.8. The number of ether oxygens (including phenoxy) is 1. The maximum Gasteiger partial charge on any atom is 0.307 e. The van der Waals surface area contributed by atoms with Crippen LogP contribution in [0, 0.1) is 5.41 Å². The van der Waals surface area contributed by atoms with E-state index in [-0.39, 0.29) is 11.4 Å². The van der Waals surface area contributed by atoms with E-state index >= 15 is 0 Å². The molecule has 13 heavy (non-hydrogen) atoms. The molecule has 0 saturated carbocycles. The molecule has 0 heterocycles. The van der Waals surface area contributed by atoms with Gasteiger partial charge in [0.15, 0.2) is 0 Å². The van der Waals surface area contributed by atoms with E-state index in [4.69, 9.17) is 4.74 Å². The Labute approximate surface area is 79.3 Å². The summed E-state index contributed by atoms with van der Waals surface area (Å²) >= 11 is 0. The molecule has 2 nitrogen and oxygen atoms in total. The van der Waals surface area contributed by atoms with Crippen LogP contribution in [-0.4, -0.2) is 5.97 Å². The number of carbonyl (C=O) groups excluding carboxylic acids is 1. The molecule has 0 atom stereocenters. The van der Waals surface area contributed by atoms with Crippen molar-refractivity contribution in [3.63, 3.8) is 0 Å². The zero-order valence-corrected chi connectivity index (χ0v) is 8.52. The second-order valence-electron chi connectivity index (χ2n) is 4.38. The molecule has 0 saturated heterocycles. The van der Waals surface area contributed by atoms with E-state index < -0.39 is 0 Å². The number of esters is 1. The van der Waals surface area contributed by atoms with E-state index in [9.17, 15) is 4.79 Å². The van der Waals surface area contributed by atoms with E-state index in [1.165, 1.54) is 6.92 Å². The van der Waals surface area contributed by atoms with Crippen LogP contribution in [0.2, 0.25) is 0 Å². The van der Waals surface area contributed by atoms with Gasteiger partial charge in [-0.15, -0.1) is 0 Å². The summed E-state index contributed by atoms with van der Waals surface area (Å²) in [5.41, 5.74) is 1.20. The summed E-state index contributed by atoms with van der Waals surface area (Å²) in [6.07, 6.45) is 3.65. The highest BCUT2D eigenvalue weighted by atomic mass is 16.5. The molecule has 2 heteroatoms. The van der Waals surface area contributed by atoms with Crippen molar-refractivity contribution < 1.29 is 9.53 Å². The van der Waals surface area contributed by atoms with Gasteiger partial charge in [-0.3, -0.25) is 4.79 Å². The molecule has 0 bridgehead atoms. The molecule has 0 aliphatic heterocycles. The minimum absolute atomic E-state index is 0.163. The van der Waals surface area contributed by atoms with E-state index in [0.717, 1.165) is 24.2 Å². The third-order valence-corrected chi connectivity index (χ3v) is 2.00. The predicted octanol–water partition coefficient (Wildman–Crippen LogP) is 2.81. The molecular weight excluding hydrogens is 164 g/mol. The van der Waals surface area contributed by atoms with Crippen LogP contribution in [0.15, 0.2) is 24.0 Å². The Kier molecular flexibility index (Phi) is 2.60. The van der Waals surface area contributed by atoms with Crippen molar-refractivity contribution in [1.29, 1.82) is 0 Å². The maximum absolute atomic E-state index is 10.7. The van der Waals surface area contributed by atoms with Crippen molar-refractivity contribution in [1.82, 2.24) is 0 Å². The molecule has 1 rings (SSSR count). The molecule has 0 spiro atoms. The molecule has 0 N–H and O–H groups in total. The van der Waals surface area contributed by atoms with Crippen LogP contribution in [0.5, 0.6) is 0 Å². The third kappa shape index (κ3) is 3.05. The van der Waals surface area contributed by atoms with Crippen LogP contribution in [0.3, 0.4) is 0 Å². The first-order valence-corrected chi connectivity index (χ1v) is 4.46. The molecule has 0 aromatic carbocycles. The van der Waals surface area contributed by atoms with E-state index in [1.54, 1.807) is 0 Å². The van der Waals surface area contributed by atoms with Crippen LogP contribution in [-0.2, 0) is 9.53 Å². The Morgan fingerprint density at radius 1 is 1.54 bits per heavy atom. The number of rotatable bonds is 1. The molecule has 0 amide bonds. The van der Waals surface area contributed by atoms with Gasteiger partial charge in [0.05, 0.1) is 0 Å². The van der Waals surface area contributed by atoms with Gasteiger partial charge in [-0.25, -0.2) is 0 Å². The first-order chi connectivity index (χ1) is 5.89. The van der Waals surface area contributed by atoms with Gasteiger partial charge in [0.2, 0.25) is 0 Å². The molecule has 0 radical (unpaired) electrons. The molecule has 72 valence electrons. The average molecular weight is 180 g/mol. The monoisotopic (exact) mass is 180 g/mol. The summed E-state index contributed by atoms with van der Waals surface area (Å²) in [6.45, 7) is 9.62. The summed E-state index contributed by atoms with van der Waals surface area (Å²) in [5.74, 6) is 0.491. The number of hydrogen-bond donors (Lipinski definition) is 0. The van der Waals surface area contributed by atoms with E-state index in [0.29, 0.717) is 0 Å². The van der Waals surface area contributed by atoms with Crippen LogP contribution in [0.4, 0.5) is 0 Å². The summed E-state index contributed by atoms with van der Waals surface area (Å²) in [7, 11) is 0. The minimum Gasteiger partial charge on any atom is -0.431 e. The lowest BCUT2D eigenvalue weighted by molar-refractivity contribution is -0.137. The van der Waals surface area contributed by atoms with Crippen molar-refractivity contribution in [2.24, 2.45) is 5.41 Å². The molecule has 1 aliphatic rings. The highest BCUT2D eigenvalue weighted by molar-refractivity contribution is 5.67. The van der Waals surface area contributed by atoms with Crippen molar-refractivity contribution in [3.05, 3.63) is 24.0 Å². The Hall–Kier alpha value is -1.05. The highest BCUT2D eigenvalue weighted by Gasteiger charge is 2.26. The van der Waals surface area contributed by atoms with Crippen LogP contribution < -0.4 is 0 Å². The first-order valence-electron chi connectivity index (χ1n) is 4.46. The zero-order chi connectivity index (χ0) is 10.1. The third-order valence-electron chi connectivity index (χ3n) is 2.00. The van der Waals surface area contributed by atoms with Crippen LogP contribution in [0.25, 0.3) is 0 Å². The smallest absolute Gasteiger partial charge is 0.307 e. The Morgan fingerprint density at radius 2 is 2.15 bits per heavy atom. The Balaban J connectivity index is 2.75. The number of carbonyl (C=O) groups is 1. The number of hydrogen-bond acceptors (Lipinski definition) is 2. The first kappa shape index (κ1) is 10.0. The van der Waals surface area contributed by atoms with Gasteiger partial charge in [-0.1, -0.05) is 26.0 Å². The van der Waals surface area contributed by atoms with Gasteiger partial charge in [-0.2, -0.15) is 0 Å². The quantitative estimate of drug-likeness (QED) is 0.580. The van der Waals surface area contributed by atoms with Crippen molar-refractivity contribution in [2.75, 3.05) is 0 Å². The predicted molar refractivity (Wildman–Crippen MR) is 52.0 cm³/mol. The fraction of sp³-hybridized carbons (Fsp3) is 0.545. The topological polar surface area (TPSA) is 26.3 Å². The number of allylic oxidation sites excluding steroid dienone is 3. The Bertz CT molecular complexity index is 272. The highest BCUT2D eigenvalue weighted by Crippen LogP contribution is 2.37. The summed E-state index contributed by atoms with van der Waals surface area (Å²) < 4.78 is 5.06. The van der Waals surface area contributed by atoms with Gasteiger partial charge >= 0.3 is 5.97 Å². The second kappa shape index (κ2) is 3.36. The molecule has 0 aromatic rings. The van der Waals surface area contributed by atoms with Crippen molar-refractivity contribution >= 4 is 5.97 Å². The lowest BCUT2D eigenvalue weighted by Crippen LogP contribution is -2.19. The fourth-order valence-corrected chi connectivity index (χ4v) is 1.73. The van der Waals surface area contributed by atoms with E-state index in [1.807, 2.05) is 6.08 Å². The van der Waals surface area contributed by atoms with Crippen molar-refractivity contribution in [3.8, 4) is 0 Å². The fourth-order valence-electron chi connectivity index (χ4n) is 1.73. The Morgan fingerprint density at radius 3 is 2.62 bits per heavy atom. The van der Waals surface area contributed by atoms with E-state index in [2.05, 4.69) is 20.4 Å². The SMILES string of the molecule is C=C1C=C(OC(C)=O)CC(C)(C)C1. The average Bonchev–Trinajstić information content (AvgIpc) is 1.78. The van der Waals surface area contributed by atoms with Crippen molar-refractivity contribution in [2.45, 2.75) is 33.6 Å². The molecule has 0 unspecified atom stereocenters. The molecule has 0 fully saturated rings. The van der Waals surface area contributed by atoms with Gasteiger partial charge < -0.3 is 4.74 Å². The standard InChI is InChI=1S/C11H16O2/c1-8-5-10(13-9(2)12)7-11(3,4)6-8/h5H,1,6-7H2,2-4H3. The molecular formula is C11H16O2. The minimum atomic E-state index is -0.253. The zero-order valence-electron chi connectivity index (χ0n) is 8.52. The van der Waals surface area contributed by atoms with Gasteiger partial charge in [0.1, 0.15) is 5.76 Å². The summed E-state index contributed by atoms with van der Waals surface area (Å²) in [4.78, 5) is 10.7. The summed E-state index contributed by atoms with van der Waals surface area (Å²) in [5, 5.41) is 0. The molecule has 0 aromatic heterocycles. The van der Waals surface area contributed by atoms with Gasteiger partial charge in [0, 0.05) is 13.3 Å². The molecule has 1 aliphatic carbocycles.